The van der Waals surface area contributed by atoms with Crippen LogP contribution in [-0.4, -0.2) is 50.5 Å². The molecule has 0 spiro atoms. The molecule has 0 aromatic heterocycles. The number of anilines is 1. The van der Waals surface area contributed by atoms with Crippen molar-refractivity contribution < 1.29 is 18.0 Å². The van der Waals surface area contributed by atoms with Crippen LogP contribution in [0.1, 0.15) is 35.6 Å². The first-order valence-electron chi connectivity index (χ1n) is 12.9. The standard InChI is InChI=1S/C30H36BrN3O4S/c1-5-17-32-30(36)28(19-24-12-7-6-8-13-24)33(20-25-14-10-9-11-22(25)2)29(35)21-34(39(4,37)38)26-15-16-27(31)23(3)18-26/h6-16,18,28H,5,17,19-21H2,1-4H3,(H,32,36)/t28-/m0/s1. The fraction of sp³-hybridized carbons (Fsp3) is 0.333. The number of carbonyl (C=O) groups excluding carboxylic acids is 2. The summed E-state index contributed by atoms with van der Waals surface area (Å²) in [6.07, 6.45) is 2.13. The Balaban J connectivity index is 2.06. The number of amides is 2. The molecule has 3 aromatic carbocycles. The van der Waals surface area contributed by atoms with Gasteiger partial charge < -0.3 is 10.2 Å². The van der Waals surface area contributed by atoms with Gasteiger partial charge in [0.25, 0.3) is 0 Å². The van der Waals surface area contributed by atoms with Crippen LogP contribution in [0.5, 0.6) is 0 Å². The number of aryl methyl sites for hydroxylation is 2. The molecule has 208 valence electrons. The summed E-state index contributed by atoms with van der Waals surface area (Å²) < 4.78 is 27.7. The maximum absolute atomic E-state index is 14.1. The third-order valence-corrected chi connectivity index (χ3v) is 8.56. The Morgan fingerprint density at radius 2 is 1.62 bits per heavy atom. The van der Waals surface area contributed by atoms with E-state index in [1.54, 1.807) is 18.2 Å². The summed E-state index contributed by atoms with van der Waals surface area (Å²) in [4.78, 5) is 29.1. The number of hydrogen-bond donors (Lipinski definition) is 1. The van der Waals surface area contributed by atoms with E-state index in [-0.39, 0.29) is 12.5 Å². The number of rotatable bonds is 12. The van der Waals surface area contributed by atoms with Crippen molar-refractivity contribution in [1.29, 1.82) is 0 Å². The molecule has 2 amide bonds. The molecular formula is C30H36BrN3O4S. The van der Waals surface area contributed by atoms with Crippen LogP contribution in [0, 0.1) is 13.8 Å². The molecular weight excluding hydrogens is 578 g/mol. The van der Waals surface area contributed by atoms with Crippen LogP contribution in [0.3, 0.4) is 0 Å². The number of carbonyl (C=O) groups is 2. The van der Waals surface area contributed by atoms with Crippen molar-refractivity contribution in [3.05, 3.63) is 99.5 Å². The Bertz CT molecular complexity index is 1400. The molecule has 7 nitrogen and oxygen atoms in total. The first kappa shape index (κ1) is 30.4. The molecule has 0 heterocycles. The van der Waals surface area contributed by atoms with Crippen LogP contribution in [0.2, 0.25) is 0 Å². The molecule has 9 heteroatoms. The zero-order chi connectivity index (χ0) is 28.6. The highest BCUT2D eigenvalue weighted by Crippen LogP contribution is 2.25. The lowest BCUT2D eigenvalue weighted by molar-refractivity contribution is -0.140. The Morgan fingerprint density at radius 3 is 2.23 bits per heavy atom. The predicted octanol–water partition coefficient (Wildman–Crippen LogP) is 5.00. The Kier molecular flexibility index (Phi) is 10.7. The van der Waals surface area contributed by atoms with Gasteiger partial charge in [-0.3, -0.25) is 13.9 Å². The van der Waals surface area contributed by atoms with Gasteiger partial charge in [0.05, 0.1) is 11.9 Å². The zero-order valence-electron chi connectivity index (χ0n) is 22.9. The van der Waals surface area contributed by atoms with Crippen LogP contribution in [0.15, 0.2) is 77.3 Å². The monoisotopic (exact) mass is 613 g/mol. The van der Waals surface area contributed by atoms with Crippen molar-refractivity contribution in [2.75, 3.05) is 23.7 Å². The maximum Gasteiger partial charge on any atom is 0.244 e. The van der Waals surface area contributed by atoms with E-state index in [0.29, 0.717) is 18.7 Å². The Hall–Kier alpha value is -3.17. The van der Waals surface area contributed by atoms with Gasteiger partial charge in [-0.05, 0) is 60.7 Å². The predicted molar refractivity (Wildman–Crippen MR) is 160 cm³/mol. The molecule has 0 aliphatic rings. The third kappa shape index (κ3) is 8.41. The summed E-state index contributed by atoms with van der Waals surface area (Å²) in [6, 6.07) is 21.5. The fourth-order valence-corrected chi connectivity index (χ4v) is 5.38. The van der Waals surface area contributed by atoms with Gasteiger partial charge in [0.1, 0.15) is 12.6 Å². The van der Waals surface area contributed by atoms with E-state index in [0.717, 1.165) is 43.7 Å². The van der Waals surface area contributed by atoms with Crippen LogP contribution in [0.25, 0.3) is 0 Å². The molecule has 0 radical (unpaired) electrons. The van der Waals surface area contributed by atoms with E-state index < -0.39 is 28.5 Å². The molecule has 0 saturated carbocycles. The number of hydrogen-bond acceptors (Lipinski definition) is 4. The first-order valence-corrected chi connectivity index (χ1v) is 15.5. The molecule has 39 heavy (non-hydrogen) atoms. The van der Waals surface area contributed by atoms with E-state index in [1.165, 1.54) is 4.90 Å². The molecule has 1 atom stereocenters. The van der Waals surface area contributed by atoms with Gasteiger partial charge in [-0.15, -0.1) is 0 Å². The third-order valence-electron chi connectivity index (χ3n) is 6.53. The van der Waals surface area contributed by atoms with E-state index in [9.17, 15) is 18.0 Å². The second kappa shape index (κ2) is 13.8. The summed E-state index contributed by atoms with van der Waals surface area (Å²) in [5, 5.41) is 2.95. The number of nitrogens with zero attached hydrogens (tertiary/aromatic N) is 2. The van der Waals surface area contributed by atoms with Gasteiger partial charge in [0.2, 0.25) is 21.8 Å². The van der Waals surface area contributed by atoms with Gasteiger partial charge in [0.15, 0.2) is 0 Å². The number of nitrogens with one attached hydrogen (secondary N) is 1. The molecule has 0 bridgehead atoms. The summed E-state index contributed by atoms with van der Waals surface area (Å²) in [7, 11) is -3.81. The summed E-state index contributed by atoms with van der Waals surface area (Å²) >= 11 is 3.45. The molecule has 0 fully saturated rings. The van der Waals surface area contributed by atoms with E-state index >= 15 is 0 Å². The second-order valence-corrected chi connectivity index (χ2v) is 12.4. The minimum Gasteiger partial charge on any atom is -0.354 e. The molecule has 0 saturated heterocycles. The molecule has 0 aliphatic carbocycles. The average molecular weight is 615 g/mol. The lowest BCUT2D eigenvalue weighted by Crippen LogP contribution is -2.53. The van der Waals surface area contributed by atoms with Crippen molar-refractivity contribution in [3.63, 3.8) is 0 Å². The Labute approximate surface area is 240 Å². The average Bonchev–Trinajstić information content (AvgIpc) is 2.90. The minimum atomic E-state index is -3.81. The lowest BCUT2D eigenvalue weighted by atomic mass is 10.0. The van der Waals surface area contributed by atoms with Gasteiger partial charge in [-0.2, -0.15) is 0 Å². The molecule has 0 unspecified atom stereocenters. The van der Waals surface area contributed by atoms with Gasteiger partial charge >= 0.3 is 0 Å². The van der Waals surface area contributed by atoms with Gasteiger partial charge in [-0.1, -0.05) is 77.5 Å². The summed E-state index contributed by atoms with van der Waals surface area (Å²) in [6.45, 7) is 5.98. The topological polar surface area (TPSA) is 86.8 Å². The minimum absolute atomic E-state index is 0.166. The van der Waals surface area contributed by atoms with Gasteiger partial charge in [0, 0.05) is 24.0 Å². The fourth-order valence-electron chi connectivity index (χ4n) is 4.29. The van der Waals surface area contributed by atoms with Crippen LogP contribution in [0.4, 0.5) is 5.69 Å². The van der Waals surface area contributed by atoms with Crippen molar-refractivity contribution in [1.82, 2.24) is 10.2 Å². The number of benzene rings is 3. The highest BCUT2D eigenvalue weighted by Gasteiger charge is 2.33. The van der Waals surface area contributed by atoms with E-state index in [4.69, 9.17) is 0 Å². The molecule has 3 aromatic rings. The van der Waals surface area contributed by atoms with Crippen LogP contribution in [-0.2, 0) is 32.6 Å². The largest absolute Gasteiger partial charge is 0.354 e. The van der Waals surface area contributed by atoms with Gasteiger partial charge in [-0.25, -0.2) is 8.42 Å². The van der Waals surface area contributed by atoms with Crippen molar-refractivity contribution in [2.45, 2.75) is 46.2 Å². The second-order valence-electron chi connectivity index (χ2n) is 9.65. The first-order chi connectivity index (χ1) is 18.5. The maximum atomic E-state index is 14.1. The van der Waals surface area contributed by atoms with E-state index in [1.807, 2.05) is 75.4 Å². The summed E-state index contributed by atoms with van der Waals surface area (Å²) in [5.74, 6) is -0.732. The smallest absolute Gasteiger partial charge is 0.244 e. The lowest BCUT2D eigenvalue weighted by Gasteiger charge is -2.34. The summed E-state index contributed by atoms with van der Waals surface area (Å²) in [5.41, 5.74) is 3.99. The zero-order valence-corrected chi connectivity index (χ0v) is 25.3. The van der Waals surface area contributed by atoms with E-state index in [2.05, 4.69) is 21.2 Å². The molecule has 1 N–H and O–H groups in total. The van der Waals surface area contributed by atoms with Crippen molar-refractivity contribution in [3.8, 4) is 0 Å². The molecule has 0 aliphatic heterocycles. The highest BCUT2D eigenvalue weighted by atomic mass is 79.9. The number of sulfonamides is 1. The Morgan fingerprint density at radius 1 is 0.949 bits per heavy atom. The quantitative estimate of drug-likeness (QED) is 0.311. The van der Waals surface area contributed by atoms with Crippen molar-refractivity contribution >= 4 is 43.5 Å². The van der Waals surface area contributed by atoms with Crippen molar-refractivity contribution in [2.24, 2.45) is 0 Å². The van der Waals surface area contributed by atoms with Crippen LogP contribution >= 0.6 is 15.9 Å². The normalized spacial score (nSPS) is 12.0. The van der Waals surface area contributed by atoms with Crippen LogP contribution < -0.4 is 9.62 Å². The number of halogens is 1. The highest BCUT2D eigenvalue weighted by molar-refractivity contribution is 9.10. The SMILES string of the molecule is CCCNC(=O)[C@H](Cc1ccccc1)N(Cc1ccccc1C)C(=O)CN(c1ccc(Br)c(C)c1)S(C)(=O)=O. The molecule has 3 rings (SSSR count).